The van der Waals surface area contributed by atoms with Gasteiger partial charge in [0.2, 0.25) is 0 Å². The molecule has 0 atom stereocenters. The van der Waals surface area contributed by atoms with Crippen LogP contribution >= 0.6 is 0 Å². The highest BCUT2D eigenvalue weighted by molar-refractivity contribution is 6.32. The second kappa shape index (κ2) is 7.23. The summed E-state index contributed by atoms with van der Waals surface area (Å²) in [6.45, 7) is 6.49. The first-order valence-electron chi connectivity index (χ1n) is 5.02. The Labute approximate surface area is 90.3 Å². The van der Waals surface area contributed by atoms with E-state index in [0.717, 1.165) is 0 Å². The minimum atomic E-state index is -0.815. The van der Waals surface area contributed by atoms with Crippen molar-refractivity contribution in [3.05, 3.63) is 0 Å². The van der Waals surface area contributed by atoms with Gasteiger partial charge in [-0.1, -0.05) is 0 Å². The van der Waals surface area contributed by atoms with Crippen LogP contribution in [0.5, 0.6) is 0 Å². The summed E-state index contributed by atoms with van der Waals surface area (Å²) in [7, 11) is 1.54. The molecule has 0 aliphatic rings. The second-order valence-electron chi connectivity index (χ2n) is 3.37. The maximum Gasteiger partial charge on any atom is 0.396 e. The van der Waals surface area contributed by atoms with Crippen LogP contribution in [0.4, 0.5) is 0 Å². The van der Waals surface area contributed by atoms with Crippen molar-refractivity contribution in [1.29, 1.82) is 0 Å². The molecular formula is C10H19NO4. The van der Waals surface area contributed by atoms with Gasteiger partial charge in [0.1, 0.15) is 0 Å². The van der Waals surface area contributed by atoms with Gasteiger partial charge in [-0.3, -0.25) is 4.79 Å². The first kappa shape index (κ1) is 13.9. The highest BCUT2D eigenvalue weighted by Gasteiger charge is 2.19. The van der Waals surface area contributed by atoms with Gasteiger partial charge in [0.05, 0.1) is 19.3 Å². The first-order chi connectivity index (χ1) is 6.99. The molecule has 0 saturated heterocycles. The first-order valence-corrected chi connectivity index (χ1v) is 5.02. The molecule has 0 heterocycles. The second-order valence-corrected chi connectivity index (χ2v) is 3.37. The van der Waals surface area contributed by atoms with Gasteiger partial charge in [-0.05, 0) is 20.8 Å². The van der Waals surface area contributed by atoms with Crippen LogP contribution in [-0.4, -0.2) is 49.7 Å². The van der Waals surface area contributed by atoms with Crippen LogP contribution in [0.2, 0.25) is 0 Å². The Morgan fingerprint density at radius 3 is 2.40 bits per heavy atom. The Balaban J connectivity index is 3.83. The number of ether oxygens (including phenoxy) is 2. The maximum absolute atomic E-state index is 11.3. The maximum atomic E-state index is 11.3. The molecule has 0 saturated carbocycles. The normalized spacial score (nSPS) is 10.2. The molecule has 0 bridgehead atoms. The fourth-order valence-corrected chi connectivity index (χ4v) is 0.876. The molecule has 0 unspecified atom stereocenters. The standard InChI is InChI=1S/C10H19NO4/c1-5-14-10(13)9(12)11(4)6-7-15-8(2)3/h8H,5-7H2,1-4H3. The quantitative estimate of drug-likeness (QED) is 0.495. The van der Waals surface area contributed by atoms with Gasteiger partial charge in [0.25, 0.3) is 0 Å². The summed E-state index contributed by atoms with van der Waals surface area (Å²) in [5, 5.41) is 0. The van der Waals surface area contributed by atoms with Crippen molar-refractivity contribution in [1.82, 2.24) is 4.90 Å². The van der Waals surface area contributed by atoms with E-state index >= 15 is 0 Å². The van der Waals surface area contributed by atoms with Gasteiger partial charge in [-0.25, -0.2) is 4.79 Å². The number of hydrogen-bond donors (Lipinski definition) is 0. The van der Waals surface area contributed by atoms with E-state index in [1.54, 1.807) is 14.0 Å². The van der Waals surface area contributed by atoms with Gasteiger partial charge in [0.15, 0.2) is 0 Å². The summed E-state index contributed by atoms with van der Waals surface area (Å²) in [6.07, 6.45) is 0.121. The van der Waals surface area contributed by atoms with E-state index in [1.165, 1.54) is 4.90 Å². The minimum Gasteiger partial charge on any atom is -0.459 e. The van der Waals surface area contributed by atoms with Crippen LogP contribution < -0.4 is 0 Å². The van der Waals surface area contributed by atoms with Crippen molar-refractivity contribution >= 4 is 11.9 Å². The zero-order valence-corrected chi connectivity index (χ0v) is 9.78. The van der Waals surface area contributed by atoms with Crippen LogP contribution in [0.15, 0.2) is 0 Å². The lowest BCUT2D eigenvalue weighted by atomic mass is 10.4. The highest BCUT2D eigenvalue weighted by atomic mass is 16.5. The van der Waals surface area contributed by atoms with E-state index < -0.39 is 11.9 Å². The summed E-state index contributed by atoms with van der Waals surface area (Å²) in [5.74, 6) is -1.45. The number of carbonyl (C=O) groups is 2. The highest BCUT2D eigenvalue weighted by Crippen LogP contribution is 1.92. The van der Waals surface area contributed by atoms with Crippen LogP contribution in [-0.2, 0) is 19.1 Å². The van der Waals surface area contributed by atoms with Crippen molar-refractivity contribution in [3.8, 4) is 0 Å². The van der Waals surface area contributed by atoms with Gasteiger partial charge < -0.3 is 14.4 Å². The summed E-state index contributed by atoms with van der Waals surface area (Å²) < 4.78 is 9.84. The predicted molar refractivity (Wildman–Crippen MR) is 55.4 cm³/mol. The summed E-state index contributed by atoms with van der Waals surface area (Å²) in [5.41, 5.74) is 0. The summed E-state index contributed by atoms with van der Waals surface area (Å²) in [4.78, 5) is 23.6. The molecule has 5 heteroatoms. The van der Waals surface area contributed by atoms with Gasteiger partial charge in [-0.15, -0.1) is 0 Å². The molecule has 0 spiro atoms. The van der Waals surface area contributed by atoms with Crippen LogP contribution in [0.1, 0.15) is 20.8 Å². The SMILES string of the molecule is CCOC(=O)C(=O)N(C)CCOC(C)C. The number of esters is 1. The Morgan fingerprint density at radius 1 is 1.33 bits per heavy atom. The van der Waals surface area contributed by atoms with Crippen molar-refractivity contribution < 1.29 is 19.1 Å². The Hall–Kier alpha value is -1.10. The number of amides is 1. The lowest BCUT2D eigenvalue weighted by molar-refractivity contribution is -0.159. The molecule has 0 radical (unpaired) electrons. The third kappa shape index (κ3) is 6.06. The molecular weight excluding hydrogens is 198 g/mol. The van der Waals surface area contributed by atoms with Crippen molar-refractivity contribution in [3.63, 3.8) is 0 Å². The molecule has 1 amide bonds. The molecule has 0 aliphatic heterocycles. The number of hydrogen-bond acceptors (Lipinski definition) is 4. The van der Waals surface area contributed by atoms with E-state index in [4.69, 9.17) is 4.74 Å². The van der Waals surface area contributed by atoms with Crippen LogP contribution in [0, 0.1) is 0 Å². The zero-order valence-electron chi connectivity index (χ0n) is 9.78. The Bertz CT molecular complexity index is 215. The van der Waals surface area contributed by atoms with Crippen LogP contribution in [0.3, 0.4) is 0 Å². The topological polar surface area (TPSA) is 55.8 Å². The Morgan fingerprint density at radius 2 is 1.93 bits per heavy atom. The average Bonchev–Trinajstić information content (AvgIpc) is 2.16. The minimum absolute atomic E-state index is 0.121. The number of carbonyl (C=O) groups excluding carboxylic acids is 2. The molecule has 0 aromatic rings. The lowest BCUT2D eigenvalue weighted by Crippen LogP contribution is -2.37. The number of rotatable bonds is 5. The molecule has 0 N–H and O–H groups in total. The largest absolute Gasteiger partial charge is 0.459 e. The summed E-state index contributed by atoms with van der Waals surface area (Å²) >= 11 is 0. The van der Waals surface area contributed by atoms with Crippen LogP contribution in [0.25, 0.3) is 0 Å². The average molecular weight is 217 g/mol. The van der Waals surface area contributed by atoms with E-state index in [1.807, 2.05) is 13.8 Å². The van der Waals surface area contributed by atoms with Gasteiger partial charge in [0, 0.05) is 13.6 Å². The van der Waals surface area contributed by atoms with E-state index in [-0.39, 0.29) is 12.7 Å². The molecule has 0 aromatic heterocycles. The number of likely N-dealkylation sites (N-methyl/N-ethyl adjacent to an activating group) is 1. The molecule has 15 heavy (non-hydrogen) atoms. The van der Waals surface area contributed by atoms with Crippen molar-refractivity contribution in [2.75, 3.05) is 26.8 Å². The van der Waals surface area contributed by atoms with E-state index in [0.29, 0.717) is 13.2 Å². The lowest BCUT2D eigenvalue weighted by Gasteiger charge is -2.16. The van der Waals surface area contributed by atoms with Gasteiger partial charge in [-0.2, -0.15) is 0 Å². The van der Waals surface area contributed by atoms with E-state index in [2.05, 4.69) is 4.74 Å². The molecule has 5 nitrogen and oxygen atoms in total. The third-order valence-electron chi connectivity index (χ3n) is 1.67. The van der Waals surface area contributed by atoms with Crippen molar-refractivity contribution in [2.45, 2.75) is 26.9 Å². The number of nitrogens with zero attached hydrogens (tertiary/aromatic N) is 1. The predicted octanol–water partition coefficient (Wildman–Crippen LogP) is 0.433. The fraction of sp³-hybridized carbons (Fsp3) is 0.800. The third-order valence-corrected chi connectivity index (χ3v) is 1.67. The molecule has 0 aliphatic carbocycles. The molecule has 88 valence electrons. The molecule has 0 fully saturated rings. The smallest absolute Gasteiger partial charge is 0.396 e. The zero-order chi connectivity index (χ0) is 11.8. The fourth-order valence-electron chi connectivity index (χ4n) is 0.876. The monoisotopic (exact) mass is 217 g/mol. The molecule has 0 rings (SSSR count). The van der Waals surface area contributed by atoms with Crippen molar-refractivity contribution in [2.24, 2.45) is 0 Å². The Kier molecular flexibility index (Phi) is 6.70. The van der Waals surface area contributed by atoms with E-state index in [9.17, 15) is 9.59 Å². The van der Waals surface area contributed by atoms with Gasteiger partial charge >= 0.3 is 11.9 Å². The molecule has 0 aromatic carbocycles. The summed E-state index contributed by atoms with van der Waals surface area (Å²) in [6, 6.07) is 0.